The molecule has 0 radical (unpaired) electrons. The number of nitrogens with one attached hydrogen (secondary N) is 2. The van der Waals surface area contributed by atoms with Gasteiger partial charge in [-0.15, -0.1) is 0 Å². The molecule has 0 heterocycles. The van der Waals surface area contributed by atoms with Crippen LogP contribution in [0.25, 0.3) is 0 Å². The standard InChI is InChI=1S/C17H26N2O2/c1-13(2)18-15-10-6-7-11-16(15)19-17(20)21-12-14-8-4-3-5-9-14/h3-5,8-9,13,15-16,18H,6-7,10-12H2,1-2H3,(H,19,20)/t15-,16+/m0/s1. The van der Waals surface area contributed by atoms with E-state index in [9.17, 15) is 4.79 Å². The third kappa shape index (κ3) is 5.38. The molecule has 0 aromatic heterocycles. The molecule has 1 aromatic rings. The van der Waals surface area contributed by atoms with Gasteiger partial charge in [0.1, 0.15) is 6.61 Å². The predicted octanol–water partition coefficient (Wildman–Crippen LogP) is 3.22. The van der Waals surface area contributed by atoms with Crippen LogP contribution in [0.15, 0.2) is 30.3 Å². The molecule has 2 atom stereocenters. The summed E-state index contributed by atoms with van der Waals surface area (Å²) in [6.07, 6.45) is 4.20. The second kappa shape index (κ2) is 8.03. The molecule has 2 rings (SSSR count). The van der Waals surface area contributed by atoms with E-state index >= 15 is 0 Å². The SMILES string of the molecule is CC(C)N[C@H]1CCCC[C@H]1NC(=O)OCc1ccccc1. The van der Waals surface area contributed by atoms with Gasteiger partial charge >= 0.3 is 6.09 Å². The smallest absolute Gasteiger partial charge is 0.407 e. The molecule has 0 unspecified atom stereocenters. The number of carbonyl (C=O) groups is 1. The lowest BCUT2D eigenvalue weighted by atomic mass is 9.90. The van der Waals surface area contributed by atoms with E-state index in [1.807, 2.05) is 30.3 Å². The molecule has 0 saturated heterocycles. The van der Waals surface area contributed by atoms with Crippen LogP contribution in [0.3, 0.4) is 0 Å². The first-order valence-corrected chi connectivity index (χ1v) is 7.88. The van der Waals surface area contributed by atoms with Crippen LogP contribution < -0.4 is 10.6 Å². The fourth-order valence-electron chi connectivity index (χ4n) is 2.85. The summed E-state index contributed by atoms with van der Waals surface area (Å²) in [5.41, 5.74) is 1.01. The molecule has 1 aromatic carbocycles. The van der Waals surface area contributed by atoms with Crippen LogP contribution in [-0.4, -0.2) is 24.2 Å². The van der Waals surface area contributed by atoms with Crippen LogP contribution in [0, 0.1) is 0 Å². The van der Waals surface area contributed by atoms with E-state index in [1.54, 1.807) is 0 Å². The molecule has 0 bridgehead atoms. The van der Waals surface area contributed by atoms with Crippen molar-refractivity contribution >= 4 is 6.09 Å². The van der Waals surface area contributed by atoms with Gasteiger partial charge in [0.2, 0.25) is 0 Å². The first kappa shape index (κ1) is 15.8. The van der Waals surface area contributed by atoms with Crippen LogP contribution in [-0.2, 0) is 11.3 Å². The summed E-state index contributed by atoms with van der Waals surface area (Å²) >= 11 is 0. The summed E-state index contributed by atoms with van der Waals surface area (Å²) < 4.78 is 5.31. The summed E-state index contributed by atoms with van der Waals surface area (Å²) in [5.74, 6) is 0. The molecule has 1 fully saturated rings. The van der Waals surface area contributed by atoms with Gasteiger partial charge in [-0.2, -0.15) is 0 Å². The maximum atomic E-state index is 12.0. The Morgan fingerprint density at radius 1 is 1.19 bits per heavy atom. The van der Waals surface area contributed by atoms with Crippen molar-refractivity contribution in [1.82, 2.24) is 10.6 Å². The minimum atomic E-state index is -0.318. The van der Waals surface area contributed by atoms with Crippen molar-refractivity contribution in [2.75, 3.05) is 0 Å². The van der Waals surface area contributed by atoms with Gasteiger partial charge in [-0.1, -0.05) is 57.0 Å². The Morgan fingerprint density at radius 3 is 2.52 bits per heavy atom. The molecule has 4 nitrogen and oxygen atoms in total. The molecule has 0 aliphatic heterocycles. The second-order valence-electron chi connectivity index (χ2n) is 6.02. The lowest BCUT2D eigenvalue weighted by molar-refractivity contribution is 0.128. The summed E-state index contributed by atoms with van der Waals surface area (Å²) in [5, 5.41) is 6.56. The van der Waals surface area contributed by atoms with Gasteiger partial charge in [-0.05, 0) is 18.4 Å². The molecule has 1 aliphatic carbocycles. The van der Waals surface area contributed by atoms with Crippen molar-refractivity contribution in [1.29, 1.82) is 0 Å². The third-order valence-corrected chi connectivity index (χ3v) is 3.83. The quantitative estimate of drug-likeness (QED) is 0.875. The van der Waals surface area contributed by atoms with E-state index in [0.29, 0.717) is 18.7 Å². The Labute approximate surface area is 127 Å². The highest BCUT2D eigenvalue weighted by Gasteiger charge is 2.27. The van der Waals surface area contributed by atoms with E-state index in [1.165, 1.54) is 12.8 Å². The minimum absolute atomic E-state index is 0.171. The minimum Gasteiger partial charge on any atom is -0.445 e. The van der Waals surface area contributed by atoms with Gasteiger partial charge in [0.15, 0.2) is 0 Å². The Hall–Kier alpha value is -1.55. The number of benzene rings is 1. The second-order valence-corrected chi connectivity index (χ2v) is 6.02. The Bertz CT molecular complexity index is 434. The molecule has 1 amide bonds. The van der Waals surface area contributed by atoms with E-state index in [4.69, 9.17) is 4.74 Å². The van der Waals surface area contributed by atoms with Crippen LogP contribution >= 0.6 is 0 Å². The summed E-state index contributed by atoms with van der Waals surface area (Å²) in [4.78, 5) is 12.0. The number of amides is 1. The molecule has 2 N–H and O–H groups in total. The molecule has 1 aliphatic rings. The van der Waals surface area contributed by atoms with Crippen molar-refractivity contribution in [2.45, 2.75) is 64.3 Å². The zero-order valence-electron chi connectivity index (χ0n) is 13.0. The monoisotopic (exact) mass is 290 g/mol. The Balaban J connectivity index is 1.80. The third-order valence-electron chi connectivity index (χ3n) is 3.83. The average molecular weight is 290 g/mol. The number of carbonyl (C=O) groups excluding carboxylic acids is 1. The number of hydrogen-bond donors (Lipinski definition) is 2. The van der Waals surface area contributed by atoms with Crippen molar-refractivity contribution in [3.8, 4) is 0 Å². The molecule has 21 heavy (non-hydrogen) atoms. The van der Waals surface area contributed by atoms with E-state index < -0.39 is 0 Å². The molecule has 0 spiro atoms. The average Bonchev–Trinajstić information content (AvgIpc) is 2.48. The Morgan fingerprint density at radius 2 is 1.86 bits per heavy atom. The van der Waals surface area contributed by atoms with Crippen molar-refractivity contribution in [3.05, 3.63) is 35.9 Å². The molecular weight excluding hydrogens is 264 g/mol. The van der Waals surface area contributed by atoms with Gasteiger partial charge in [0.05, 0.1) is 0 Å². The van der Waals surface area contributed by atoms with Crippen LogP contribution in [0.2, 0.25) is 0 Å². The maximum Gasteiger partial charge on any atom is 0.407 e. The first-order valence-electron chi connectivity index (χ1n) is 7.88. The van der Waals surface area contributed by atoms with Crippen LogP contribution in [0.1, 0.15) is 45.1 Å². The highest BCUT2D eigenvalue weighted by molar-refractivity contribution is 5.67. The maximum absolute atomic E-state index is 12.0. The van der Waals surface area contributed by atoms with Gasteiger partial charge in [-0.3, -0.25) is 0 Å². The van der Waals surface area contributed by atoms with Gasteiger partial charge in [0.25, 0.3) is 0 Å². The molecular formula is C17H26N2O2. The van der Waals surface area contributed by atoms with E-state index in [-0.39, 0.29) is 12.1 Å². The first-order chi connectivity index (χ1) is 10.1. The van der Waals surface area contributed by atoms with Gasteiger partial charge in [-0.25, -0.2) is 4.79 Å². The number of rotatable bonds is 5. The lowest BCUT2D eigenvalue weighted by Crippen LogP contribution is -2.53. The summed E-state index contributed by atoms with van der Waals surface area (Å²) in [6, 6.07) is 10.7. The summed E-state index contributed by atoms with van der Waals surface area (Å²) in [6.45, 7) is 4.60. The number of hydrogen-bond acceptors (Lipinski definition) is 3. The normalized spacial score (nSPS) is 22.0. The van der Waals surface area contributed by atoms with Crippen LogP contribution in [0.4, 0.5) is 4.79 Å². The van der Waals surface area contributed by atoms with Crippen molar-refractivity contribution in [3.63, 3.8) is 0 Å². The van der Waals surface area contributed by atoms with Gasteiger partial charge in [0, 0.05) is 18.1 Å². The zero-order chi connectivity index (χ0) is 15.1. The van der Waals surface area contributed by atoms with E-state index in [0.717, 1.165) is 18.4 Å². The van der Waals surface area contributed by atoms with Crippen molar-refractivity contribution < 1.29 is 9.53 Å². The van der Waals surface area contributed by atoms with E-state index in [2.05, 4.69) is 24.5 Å². The highest BCUT2D eigenvalue weighted by atomic mass is 16.5. The Kier molecular flexibility index (Phi) is 6.05. The summed E-state index contributed by atoms with van der Waals surface area (Å²) in [7, 11) is 0. The number of ether oxygens (including phenoxy) is 1. The zero-order valence-corrected chi connectivity index (χ0v) is 13.0. The molecule has 4 heteroatoms. The predicted molar refractivity (Wildman–Crippen MR) is 84.1 cm³/mol. The molecule has 116 valence electrons. The van der Waals surface area contributed by atoms with Gasteiger partial charge < -0.3 is 15.4 Å². The number of alkyl carbamates (subject to hydrolysis) is 1. The topological polar surface area (TPSA) is 50.4 Å². The van der Waals surface area contributed by atoms with Crippen molar-refractivity contribution in [2.24, 2.45) is 0 Å². The highest BCUT2D eigenvalue weighted by Crippen LogP contribution is 2.19. The fourth-order valence-corrected chi connectivity index (χ4v) is 2.85. The fraction of sp³-hybridized carbons (Fsp3) is 0.588. The molecule has 1 saturated carbocycles. The van der Waals surface area contributed by atoms with Crippen LogP contribution in [0.5, 0.6) is 0 Å². The lowest BCUT2D eigenvalue weighted by Gasteiger charge is -2.33. The largest absolute Gasteiger partial charge is 0.445 e.